The monoisotopic (exact) mass is 504 g/mol. The first-order valence-corrected chi connectivity index (χ1v) is 13.3. The third kappa shape index (κ3) is 8.46. The molecule has 1 aliphatic rings. The maximum Gasteiger partial charge on any atom is 0.255 e. The second-order valence-corrected chi connectivity index (χ2v) is 9.10. The molecule has 0 unspecified atom stereocenters. The number of benzene rings is 1. The maximum absolute atomic E-state index is 12.8. The Kier molecular flexibility index (Phi) is 11.2. The molecule has 1 amide bonds. The first kappa shape index (κ1) is 27.9. The van der Waals surface area contributed by atoms with Gasteiger partial charge in [0.1, 0.15) is 5.82 Å². The quantitative estimate of drug-likeness (QED) is 0.164. The minimum Gasteiger partial charge on any atom is -0.404 e. The van der Waals surface area contributed by atoms with Gasteiger partial charge in [0.05, 0.1) is 11.4 Å². The van der Waals surface area contributed by atoms with E-state index in [0.29, 0.717) is 23.1 Å². The Balaban J connectivity index is 1.62. The fourth-order valence-electron chi connectivity index (χ4n) is 4.41. The molecule has 4 N–H and O–H groups in total. The van der Waals surface area contributed by atoms with Crippen LogP contribution in [0.4, 0.5) is 11.5 Å². The lowest BCUT2D eigenvalue weighted by molar-refractivity contribution is -0.105. The van der Waals surface area contributed by atoms with Gasteiger partial charge in [-0.3, -0.25) is 9.59 Å². The minimum atomic E-state index is -0.350. The fourth-order valence-corrected chi connectivity index (χ4v) is 4.41. The number of hydrogen-bond donors (Lipinski definition) is 3. The largest absolute Gasteiger partial charge is 0.404 e. The number of carbonyl (C=O) groups is 2. The first-order valence-electron chi connectivity index (χ1n) is 13.3. The summed E-state index contributed by atoms with van der Waals surface area (Å²) in [6.45, 7) is 10.3. The van der Waals surface area contributed by atoms with Crippen LogP contribution < -0.4 is 21.3 Å². The van der Waals surface area contributed by atoms with Gasteiger partial charge in [-0.2, -0.15) is 0 Å². The Morgan fingerprint density at radius 2 is 1.81 bits per heavy atom. The molecular weight excluding hydrogens is 464 g/mol. The van der Waals surface area contributed by atoms with Gasteiger partial charge < -0.3 is 26.2 Å². The van der Waals surface area contributed by atoms with Crippen LogP contribution in [0.5, 0.6) is 0 Å². The Labute approximate surface area is 220 Å². The number of nitrogens with one attached hydrogen (secondary N) is 2. The van der Waals surface area contributed by atoms with Gasteiger partial charge in [0, 0.05) is 42.7 Å². The number of aldehydes is 1. The molecule has 8 heteroatoms. The summed E-state index contributed by atoms with van der Waals surface area (Å²) in [5.74, 6) is 0.381. The van der Waals surface area contributed by atoms with Crippen molar-refractivity contribution in [2.45, 2.75) is 39.5 Å². The number of hydrogen-bond acceptors (Lipinski definition) is 7. The van der Waals surface area contributed by atoms with E-state index in [-0.39, 0.29) is 11.6 Å². The van der Waals surface area contributed by atoms with Crippen molar-refractivity contribution in [2.75, 3.05) is 49.5 Å². The van der Waals surface area contributed by atoms with Gasteiger partial charge in [-0.05, 0) is 87.8 Å². The van der Waals surface area contributed by atoms with Gasteiger partial charge in [0.2, 0.25) is 0 Å². The molecule has 3 rings (SSSR count). The lowest BCUT2D eigenvalue weighted by Gasteiger charge is -2.28. The maximum atomic E-state index is 12.8. The van der Waals surface area contributed by atoms with E-state index in [0.717, 1.165) is 57.2 Å². The van der Waals surface area contributed by atoms with Crippen LogP contribution in [0.1, 0.15) is 55.6 Å². The number of pyridine rings is 1. The van der Waals surface area contributed by atoms with Crippen molar-refractivity contribution in [3.63, 3.8) is 0 Å². The summed E-state index contributed by atoms with van der Waals surface area (Å²) < 4.78 is 0. The first-order chi connectivity index (χ1) is 18.1. The highest BCUT2D eigenvalue weighted by Crippen LogP contribution is 2.21. The molecule has 0 aliphatic carbocycles. The number of amides is 1. The molecule has 0 atom stereocenters. The third-order valence-corrected chi connectivity index (χ3v) is 6.62. The van der Waals surface area contributed by atoms with Gasteiger partial charge in [-0.1, -0.05) is 19.9 Å². The number of nitrogens with two attached hydrogens (primary N) is 1. The van der Waals surface area contributed by atoms with Crippen LogP contribution in [0.25, 0.3) is 5.57 Å². The molecule has 0 saturated carbocycles. The molecule has 1 saturated heterocycles. The van der Waals surface area contributed by atoms with Crippen LogP contribution >= 0.6 is 0 Å². The molecular formula is C29H40N6O2. The van der Waals surface area contributed by atoms with Crippen LogP contribution in [0.2, 0.25) is 0 Å². The Hall–Kier alpha value is -3.65. The standard InChI is InChI=1S/C29H40N6O2/c1-3-34(4-2)17-9-16-31-28-11-8-10-27(33-28)24(21-30)20-25(22-36)32-29(37)23-12-14-26(15-13-23)35-18-6-5-7-19-35/h8,10-15,20-22H,3-7,9,16-19,30H2,1-2H3,(H,31,33)(H,32,37)/b24-21+,25-20+. The van der Waals surface area contributed by atoms with Gasteiger partial charge >= 0.3 is 0 Å². The van der Waals surface area contributed by atoms with Gasteiger partial charge in [-0.25, -0.2) is 4.98 Å². The zero-order chi connectivity index (χ0) is 26.5. The summed E-state index contributed by atoms with van der Waals surface area (Å²) in [6.07, 6.45) is 8.19. The number of rotatable bonds is 13. The third-order valence-electron chi connectivity index (χ3n) is 6.62. The second kappa shape index (κ2) is 14.8. The summed E-state index contributed by atoms with van der Waals surface area (Å²) in [4.78, 5) is 33.9. The molecule has 0 bridgehead atoms. The number of nitrogens with zero attached hydrogens (tertiary/aromatic N) is 3. The van der Waals surface area contributed by atoms with Crippen molar-refractivity contribution >= 4 is 29.3 Å². The summed E-state index contributed by atoms with van der Waals surface area (Å²) in [6, 6.07) is 13.1. The van der Waals surface area contributed by atoms with E-state index in [2.05, 4.69) is 39.3 Å². The number of aromatic nitrogens is 1. The van der Waals surface area contributed by atoms with E-state index in [4.69, 9.17) is 5.73 Å². The van der Waals surface area contributed by atoms with Gasteiger partial charge in [-0.15, -0.1) is 0 Å². The van der Waals surface area contributed by atoms with Crippen molar-refractivity contribution in [2.24, 2.45) is 5.73 Å². The zero-order valence-electron chi connectivity index (χ0n) is 22.1. The lowest BCUT2D eigenvalue weighted by atomic mass is 10.1. The van der Waals surface area contributed by atoms with Crippen LogP contribution in [0.3, 0.4) is 0 Å². The number of allylic oxidation sites excluding steroid dienone is 3. The van der Waals surface area contributed by atoms with Crippen LogP contribution in [0, 0.1) is 0 Å². The summed E-state index contributed by atoms with van der Waals surface area (Å²) >= 11 is 0. The lowest BCUT2D eigenvalue weighted by Crippen LogP contribution is -2.29. The SMILES string of the molecule is CCN(CC)CCCNc1cccc(C(/C=C(\C=O)NC(=O)c2ccc(N3CCCCC3)cc2)=C/N)n1. The Bertz CT molecular complexity index is 1070. The van der Waals surface area contributed by atoms with Crippen molar-refractivity contribution in [1.82, 2.24) is 15.2 Å². The predicted molar refractivity (Wildman–Crippen MR) is 151 cm³/mol. The van der Waals surface area contributed by atoms with E-state index in [1.807, 2.05) is 30.3 Å². The molecule has 37 heavy (non-hydrogen) atoms. The van der Waals surface area contributed by atoms with Crippen LogP contribution in [0.15, 0.2) is 60.4 Å². The van der Waals surface area contributed by atoms with E-state index in [1.165, 1.54) is 25.5 Å². The minimum absolute atomic E-state index is 0.112. The van der Waals surface area contributed by atoms with Crippen LogP contribution in [-0.4, -0.2) is 61.3 Å². The van der Waals surface area contributed by atoms with Crippen molar-refractivity contribution in [1.29, 1.82) is 0 Å². The topological polar surface area (TPSA) is 104 Å². The average molecular weight is 505 g/mol. The highest BCUT2D eigenvalue weighted by molar-refractivity contribution is 5.99. The van der Waals surface area contributed by atoms with E-state index < -0.39 is 0 Å². The number of anilines is 2. The molecule has 1 aliphatic heterocycles. The Morgan fingerprint density at radius 1 is 1.08 bits per heavy atom. The molecule has 2 aromatic rings. The van der Waals surface area contributed by atoms with Gasteiger partial charge in [0.25, 0.3) is 5.91 Å². The van der Waals surface area contributed by atoms with Crippen molar-refractivity contribution < 1.29 is 9.59 Å². The molecule has 8 nitrogen and oxygen atoms in total. The summed E-state index contributed by atoms with van der Waals surface area (Å²) in [5, 5.41) is 6.04. The number of piperidine rings is 1. The highest BCUT2D eigenvalue weighted by Gasteiger charge is 2.13. The molecule has 2 heterocycles. The molecule has 0 spiro atoms. The number of carbonyl (C=O) groups excluding carboxylic acids is 2. The molecule has 1 fully saturated rings. The fraction of sp³-hybridized carbons (Fsp3) is 0.414. The van der Waals surface area contributed by atoms with Crippen molar-refractivity contribution in [3.8, 4) is 0 Å². The molecule has 1 aromatic carbocycles. The summed E-state index contributed by atoms with van der Waals surface area (Å²) in [7, 11) is 0. The van der Waals surface area contributed by atoms with Crippen LogP contribution in [-0.2, 0) is 4.79 Å². The highest BCUT2D eigenvalue weighted by atomic mass is 16.2. The Morgan fingerprint density at radius 3 is 2.46 bits per heavy atom. The van der Waals surface area contributed by atoms with E-state index in [9.17, 15) is 9.59 Å². The predicted octanol–water partition coefficient (Wildman–Crippen LogP) is 4.03. The van der Waals surface area contributed by atoms with Crippen molar-refractivity contribution in [3.05, 3.63) is 71.7 Å². The molecule has 198 valence electrons. The zero-order valence-corrected chi connectivity index (χ0v) is 22.1. The second-order valence-electron chi connectivity index (χ2n) is 9.10. The van der Waals surface area contributed by atoms with E-state index >= 15 is 0 Å². The molecule has 0 radical (unpaired) electrons. The molecule has 1 aromatic heterocycles. The average Bonchev–Trinajstić information content (AvgIpc) is 2.96. The summed E-state index contributed by atoms with van der Waals surface area (Å²) in [5.41, 5.74) is 8.72. The smallest absolute Gasteiger partial charge is 0.255 e. The van der Waals surface area contributed by atoms with Gasteiger partial charge in [0.15, 0.2) is 6.29 Å². The van der Waals surface area contributed by atoms with E-state index in [1.54, 1.807) is 18.2 Å². The normalized spacial score (nSPS) is 14.5.